The fourth-order valence-corrected chi connectivity index (χ4v) is 2.61. The van der Waals surface area contributed by atoms with Crippen LogP contribution in [-0.4, -0.2) is 17.0 Å². The number of thiophene rings is 1. The van der Waals surface area contributed by atoms with Crippen LogP contribution in [0.25, 0.3) is 0 Å². The molecule has 1 aromatic carbocycles. The molecule has 2 rings (SSSR count). The van der Waals surface area contributed by atoms with Gasteiger partial charge in [-0.3, -0.25) is 4.79 Å². The van der Waals surface area contributed by atoms with Gasteiger partial charge in [0, 0.05) is 5.02 Å². The number of carbonyl (C=O) groups is 2. The number of anilines is 1. The van der Waals surface area contributed by atoms with E-state index in [-0.39, 0.29) is 21.3 Å². The predicted molar refractivity (Wildman–Crippen MR) is 75.7 cm³/mol. The van der Waals surface area contributed by atoms with Crippen molar-refractivity contribution in [3.63, 3.8) is 0 Å². The number of carbonyl (C=O) groups excluding carboxylic acids is 1. The van der Waals surface area contributed by atoms with E-state index < -0.39 is 11.9 Å². The predicted octanol–water partition coefficient (Wildman–Crippen LogP) is 4.01. The number of halogens is 2. The molecule has 19 heavy (non-hydrogen) atoms. The third kappa shape index (κ3) is 3.07. The zero-order chi connectivity index (χ0) is 14.0. The summed E-state index contributed by atoms with van der Waals surface area (Å²) in [5.41, 5.74) is -0.112. The molecule has 0 atom stereocenters. The first-order valence-electron chi connectivity index (χ1n) is 5.06. The first-order chi connectivity index (χ1) is 8.99. The molecule has 0 radical (unpaired) electrons. The highest BCUT2D eigenvalue weighted by Crippen LogP contribution is 2.31. The zero-order valence-electron chi connectivity index (χ0n) is 9.31. The number of rotatable bonds is 3. The maximum atomic E-state index is 11.9. The van der Waals surface area contributed by atoms with Crippen LogP contribution in [-0.2, 0) is 0 Å². The average molecular weight is 316 g/mol. The molecule has 0 aliphatic carbocycles. The van der Waals surface area contributed by atoms with Gasteiger partial charge in [-0.25, -0.2) is 4.79 Å². The van der Waals surface area contributed by atoms with E-state index >= 15 is 0 Å². The summed E-state index contributed by atoms with van der Waals surface area (Å²) in [6, 6.07) is 5.96. The van der Waals surface area contributed by atoms with E-state index in [2.05, 4.69) is 5.32 Å². The number of benzene rings is 1. The third-order valence-corrected chi connectivity index (χ3v) is 3.65. The van der Waals surface area contributed by atoms with Gasteiger partial charge in [0.25, 0.3) is 5.91 Å². The molecule has 0 saturated heterocycles. The quantitative estimate of drug-likeness (QED) is 0.899. The van der Waals surface area contributed by atoms with Crippen LogP contribution in [0.15, 0.2) is 29.6 Å². The average Bonchev–Trinajstić information content (AvgIpc) is 2.85. The van der Waals surface area contributed by atoms with Gasteiger partial charge in [-0.2, -0.15) is 0 Å². The van der Waals surface area contributed by atoms with Gasteiger partial charge in [0.15, 0.2) is 0 Å². The highest BCUT2D eigenvalue weighted by molar-refractivity contribution is 7.12. The largest absolute Gasteiger partial charge is 0.478 e. The van der Waals surface area contributed by atoms with Crippen LogP contribution in [0.4, 0.5) is 5.69 Å². The van der Waals surface area contributed by atoms with Crippen molar-refractivity contribution in [1.82, 2.24) is 0 Å². The number of hydrogen-bond donors (Lipinski definition) is 2. The van der Waals surface area contributed by atoms with Crippen LogP contribution in [0.1, 0.15) is 20.0 Å². The van der Waals surface area contributed by atoms with E-state index in [0.29, 0.717) is 4.88 Å². The maximum Gasteiger partial charge on any atom is 0.337 e. The smallest absolute Gasteiger partial charge is 0.337 e. The summed E-state index contributed by atoms with van der Waals surface area (Å²) in [5, 5.41) is 13.6. The molecule has 1 heterocycles. The molecule has 2 aromatic rings. The van der Waals surface area contributed by atoms with Gasteiger partial charge in [-0.05, 0) is 23.6 Å². The molecule has 4 nitrogen and oxygen atoms in total. The highest BCUT2D eigenvalue weighted by Gasteiger charge is 2.18. The van der Waals surface area contributed by atoms with E-state index in [1.807, 2.05) is 0 Å². The van der Waals surface area contributed by atoms with E-state index in [0.717, 1.165) is 0 Å². The fourth-order valence-electron chi connectivity index (χ4n) is 1.45. The molecular weight excluding hydrogens is 309 g/mol. The van der Waals surface area contributed by atoms with Crippen LogP contribution in [0.5, 0.6) is 0 Å². The normalized spacial score (nSPS) is 10.2. The number of hydrogen-bond acceptors (Lipinski definition) is 3. The second-order valence-corrected chi connectivity index (χ2v) is 5.34. The first-order valence-corrected chi connectivity index (χ1v) is 6.70. The lowest BCUT2D eigenvalue weighted by molar-refractivity contribution is 0.0698. The van der Waals surface area contributed by atoms with E-state index in [4.69, 9.17) is 28.3 Å². The van der Waals surface area contributed by atoms with E-state index in [9.17, 15) is 9.59 Å². The molecule has 0 aliphatic rings. The molecule has 1 amide bonds. The summed E-state index contributed by atoms with van der Waals surface area (Å²) in [4.78, 5) is 23.5. The molecule has 98 valence electrons. The number of carboxylic acids is 1. The highest BCUT2D eigenvalue weighted by atomic mass is 35.5. The van der Waals surface area contributed by atoms with Gasteiger partial charge < -0.3 is 10.4 Å². The number of amides is 1. The molecule has 0 fully saturated rings. The Labute approximate surface area is 122 Å². The second-order valence-electron chi connectivity index (χ2n) is 3.55. The lowest BCUT2D eigenvalue weighted by Gasteiger charge is -2.10. The Morgan fingerprint density at radius 3 is 2.58 bits per heavy atom. The first kappa shape index (κ1) is 13.9. The molecule has 1 aromatic heterocycles. The van der Waals surface area contributed by atoms with Crippen LogP contribution in [0, 0.1) is 0 Å². The van der Waals surface area contributed by atoms with Crippen LogP contribution in [0.3, 0.4) is 0 Å². The molecule has 0 unspecified atom stereocenters. The van der Waals surface area contributed by atoms with Crippen LogP contribution >= 0.6 is 34.5 Å². The minimum absolute atomic E-state index is 0.0389. The summed E-state index contributed by atoms with van der Waals surface area (Å²) in [5.74, 6) is -1.63. The second kappa shape index (κ2) is 5.61. The molecular formula is C12H7Cl2NO3S. The molecule has 7 heteroatoms. The van der Waals surface area contributed by atoms with E-state index in [1.54, 1.807) is 17.5 Å². The van der Waals surface area contributed by atoms with Crippen molar-refractivity contribution in [1.29, 1.82) is 0 Å². The van der Waals surface area contributed by atoms with Gasteiger partial charge >= 0.3 is 5.97 Å². The standard InChI is InChI=1S/C12H7Cl2NO3S/c13-6-4-7(12(17)18)10(8(14)5-6)15-11(16)9-2-1-3-19-9/h1-5H,(H,15,16)(H,17,18). The molecule has 0 spiro atoms. The number of nitrogens with one attached hydrogen (secondary N) is 1. The summed E-state index contributed by atoms with van der Waals surface area (Å²) in [6.07, 6.45) is 0. The summed E-state index contributed by atoms with van der Waals surface area (Å²) >= 11 is 12.9. The third-order valence-electron chi connectivity index (χ3n) is 2.27. The summed E-state index contributed by atoms with van der Waals surface area (Å²) in [6.45, 7) is 0. The monoisotopic (exact) mass is 315 g/mol. The molecule has 0 aliphatic heterocycles. The Morgan fingerprint density at radius 2 is 2.00 bits per heavy atom. The van der Waals surface area contributed by atoms with Crippen molar-refractivity contribution < 1.29 is 14.7 Å². The maximum absolute atomic E-state index is 11.9. The molecule has 0 bridgehead atoms. The van der Waals surface area contributed by atoms with Gasteiger partial charge in [0.2, 0.25) is 0 Å². The van der Waals surface area contributed by atoms with E-state index in [1.165, 1.54) is 23.5 Å². The summed E-state index contributed by atoms with van der Waals surface area (Å²) in [7, 11) is 0. The minimum atomic E-state index is -1.22. The zero-order valence-corrected chi connectivity index (χ0v) is 11.6. The van der Waals surface area contributed by atoms with Crippen molar-refractivity contribution in [2.75, 3.05) is 5.32 Å². The minimum Gasteiger partial charge on any atom is -0.478 e. The number of aromatic carboxylic acids is 1. The van der Waals surface area contributed by atoms with Crippen molar-refractivity contribution in [2.45, 2.75) is 0 Å². The van der Waals surface area contributed by atoms with Gasteiger partial charge in [0.1, 0.15) is 0 Å². The van der Waals surface area contributed by atoms with Gasteiger partial charge in [-0.1, -0.05) is 29.3 Å². The topological polar surface area (TPSA) is 66.4 Å². The van der Waals surface area contributed by atoms with Crippen molar-refractivity contribution in [2.24, 2.45) is 0 Å². The van der Waals surface area contributed by atoms with Crippen molar-refractivity contribution in [3.8, 4) is 0 Å². The Balaban J connectivity index is 2.39. The molecule has 2 N–H and O–H groups in total. The van der Waals surface area contributed by atoms with Crippen LogP contribution in [0.2, 0.25) is 10.0 Å². The van der Waals surface area contributed by atoms with Gasteiger partial charge in [0.05, 0.1) is 21.2 Å². The lowest BCUT2D eigenvalue weighted by atomic mass is 10.1. The Bertz CT molecular complexity index is 641. The van der Waals surface area contributed by atoms with Crippen LogP contribution < -0.4 is 5.32 Å². The Kier molecular flexibility index (Phi) is 4.09. The fraction of sp³-hybridized carbons (Fsp3) is 0. The van der Waals surface area contributed by atoms with Gasteiger partial charge in [-0.15, -0.1) is 11.3 Å². The Morgan fingerprint density at radius 1 is 1.26 bits per heavy atom. The lowest BCUT2D eigenvalue weighted by Crippen LogP contribution is -2.14. The SMILES string of the molecule is O=C(Nc1c(Cl)cc(Cl)cc1C(=O)O)c1cccs1. The number of carboxylic acid groups (broad SMARTS) is 1. The van der Waals surface area contributed by atoms with Crippen molar-refractivity contribution in [3.05, 3.63) is 50.1 Å². The summed E-state index contributed by atoms with van der Waals surface area (Å²) < 4.78 is 0. The molecule has 0 saturated carbocycles. The Hall–Kier alpha value is -1.56. The van der Waals surface area contributed by atoms with Crippen molar-refractivity contribution >= 4 is 52.1 Å².